The largest absolute Gasteiger partial charge is 0.393 e. The molecule has 15 heavy (non-hydrogen) atoms. The topological polar surface area (TPSA) is 75.4 Å². The van der Waals surface area contributed by atoms with Crippen molar-refractivity contribution in [2.24, 2.45) is 0 Å². The van der Waals surface area contributed by atoms with Crippen molar-refractivity contribution >= 4 is 5.91 Å². The minimum atomic E-state index is -0.353. The Morgan fingerprint density at radius 2 is 2.47 bits per heavy atom. The normalized spacial score (nSPS) is 12.5. The lowest BCUT2D eigenvalue weighted by molar-refractivity contribution is 0.0940. The van der Waals surface area contributed by atoms with E-state index < -0.39 is 0 Å². The van der Waals surface area contributed by atoms with E-state index in [4.69, 9.17) is 4.52 Å². The predicted octanol–water partition coefficient (Wildman–Crippen LogP) is 0.874. The number of rotatable bonds is 5. The maximum absolute atomic E-state index is 11.5. The second kappa shape index (κ2) is 5.50. The number of aliphatic hydroxyl groups excluding tert-OH is 1. The summed E-state index contributed by atoms with van der Waals surface area (Å²) in [6.07, 6.45) is 2.30. The fourth-order valence-corrected chi connectivity index (χ4v) is 1.17. The Bertz CT molecular complexity index is 322. The third-order valence-electron chi connectivity index (χ3n) is 2.23. The number of aryl methyl sites for hydroxylation is 1. The molecule has 0 spiro atoms. The maximum atomic E-state index is 11.5. The number of amides is 1. The van der Waals surface area contributed by atoms with Crippen LogP contribution >= 0.6 is 0 Å². The van der Waals surface area contributed by atoms with Gasteiger partial charge in [0.1, 0.15) is 11.3 Å². The van der Waals surface area contributed by atoms with E-state index in [1.165, 1.54) is 6.20 Å². The van der Waals surface area contributed by atoms with Crippen molar-refractivity contribution in [3.8, 4) is 0 Å². The summed E-state index contributed by atoms with van der Waals surface area (Å²) in [5.41, 5.74) is 0.445. The SMILES string of the molecule is CCC(O)CCNC(=O)c1cnoc1C. The Morgan fingerprint density at radius 3 is 3.00 bits per heavy atom. The summed E-state index contributed by atoms with van der Waals surface area (Å²) in [7, 11) is 0. The van der Waals surface area contributed by atoms with Crippen LogP contribution in [0.4, 0.5) is 0 Å². The molecular formula is C10H16N2O3. The minimum Gasteiger partial charge on any atom is -0.393 e. The van der Waals surface area contributed by atoms with Crippen LogP contribution in [-0.2, 0) is 0 Å². The molecule has 2 N–H and O–H groups in total. The molecule has 5 heteroatoms. The number of carbonyl (C=O) groups excluding carboxylic acids is 1. The smallest absolute Gasteiger partial charge is 0.256 e. The second-order valence-electron chi connectivity index (χ2n) is 3.40. The molecule has 0 saturated heterocycles. The summed E-state index contributed by atoms with van der Waals surface area (Å²) in [5.74, 6) is 0.292. The van der Waals surface area contributed by atoms with Gasteiger partial charge in [0.15, 0.2) is 0 Å². The summed E-state index contributed by atoms with van der Waals surface area (Å²) in [6, 6.07) is 0. The number of aliphatic hydroxyl groups is 1. The highest BCUT2D eigenvalue weighted by Gasteiger charge is 2.12. The molecular weight excluding hydrogens is 196 g/mol. The number of aromatic nitrogens is 1. The van der Waals surface area contributed by atoms with Gasteiger partial charge in [0, 0.05) is 6.54 Å². The van der Waals surface area contributed by atoms with Gasteiger partial charge in [-0.2, -0.15) is 0 Å². The summed E-state index contributed by atoms with van der Waals surface area (Å²) < 4.78 is 4.77. The van der Waals surface area contributed by atoms with Crippen LogP contribution in [0.15, 0.2) is 10.7 Å². The van der Waals surface area contributed by atoms with Crippen molar-refractivity contribution in [3.63, 3.8) is 0 Å². The highest BCUT2D eigenvalue weighted by molar-refractivity contribution is 5.94. The van der Waals surface area contributed by atoms with Crippen LogP contribution in [-0.4, -0.2) is 28.8 Å². The quantitative estimate of drug-likeness (QED) is 0.759. The third-order valence-corrected chi connectivity index (χ3v) is 2.23. The average molecular weight is 212 g/mol. The van der Waals surface area contributed by atoms with E-state index in [1.807, 2.05) is 6.92 Å². The number of hydrogen-bond donors (Lipinski definition) is 2. The summed E-state index contributed by atoms with van der Waals surface area (Å²) in [5, 5.41) is 15.5. The van der Waals surface area contributed by atoms with E-state index in [2.05, 4.69) is 10.5 Å². The van der Waals surface area contributed by atoms with Crippen LogP contribution in [0.5, 0.6) is 0 Å². The van der Waals surface area contributed by atoms with Gasteiger partial charge in [-0.3, -0.25) is 4.79 Å². The molecule has 0 fully saturated rings. The Balaban J connectivity index is 2.34. The van der Waals surface area contributed by atoms with Crippen molar-refractivity contribution in [3.05, 3.63) is 17.5 Å². The number of nitrogens with one attached hydrogen (secondary N) is 1. The summed E-state index contributed by atoms with van der Waals surface area (Å²) in [4.78, 5) is 11.5. The molecule has 84 valence electrons. The van der Waals surface area contributed by atoms with E-state index in [0.717, 1.165) is 0 Å². The van der Waals surface area contributed by atoms with Gasteiger partial charge >= 0.3 is 0 Å². The highest BCUT2D eigenvalue weighted by Crippen LogP contribution is 2.05. The van der Waals surface area contributed by atoms with Gasteiger partial charge in [0.2, 0.25) is 0 Å². The van der Waals surface area contributed by atoms with Crippen molar-refractivity contribution in [1.29, 1.82) is 0 Å². The summed E-state index contributed by atoms with van der Waals surface area (Å²) >= 11 is 0. The first-order chi connectivity index (χ1) is 7.15. The Kier molecular flexibility index (Phi) is 4.30. The van der Waals surface area contributed by atoms with Gasteiger partial charge in [0.05, 0.1) is 12.3 Å². The molecule has 0 aliphatic rings. The molecule has 1 aromatic heterocycles. The molecule has 1 aromatic rings. The lowest BCUT2D eigenvalue weighted by Gasteiger charge is -2.07. The molecule has 0 aliphatic carbocycles. The minimum absolute atomic E-state index is 0.211. The number of hydrogen-bond acceptors (Lipinski definition) is 4. The zero-order valence-corrected chi connectivity index (χ0v) is 8.99. The summed E-state index contributed by atoms with van der Waals surface area (Å²) in [6.45, 7) is 4.04. The van der Waals surface area contributed by atoms with Crippen molar-refractivity contribution in [2.45, 2.75) is 32.8 Å². The van der Waals surface area contributed by atoms with E-state index in [0.29, 0.717) is 30.7 Å². The first kappa shape index (κ1) is 11.7. The average Bonchev–Trinajstić information content (AvgIpc) is 2.64. The van der Waals surface area contributed by atoms with Gasteiger partial charge in [-0.05, 0) is 19.8 Å². The first-order valence-corrected chi connectivity index (χ1v) is 5.02. The molecule has 0 saturated carbocycles. The zero-order chi connectivity index (χ0) is 11.3. The van der Waals surface area contributed by atoms with Gasteiger partial charge in [-0.15, -0.1) is 0 Å². The molecule has 0 aromatic carbocycles. The van der Waals surface area contributed by atoms with Crippen LogP contribution in [0.3, 0.4) is 0 Å². The predicted molar refractivity (Wildman–Crippen MR) is 54.5 cm³/mol. The van der Waals surface area contributed by atoms with Gasteiger partial charge in [0.25, 0.3) is 5.91 Å². The fourth-order valence-electron chi connectivity index (χ4n) is 1.17. The van der Waals surface area contributed by atoms with Gasteiger partial charge < -0.3 is 14.9 Å². The number of carbonyl (C=O) groups is 1. The van der Waals surface area contributed by atoms with Crippen LogP contribution < -0.4 is 5.32 Å². The fraction of sp³-hybridized carbons (Fsp3) is 0.600. The second-order valence-corrected chi connectivity index (χ2v) is 3.40. The number of nitrogens with zero attached hydrogens (tertiary/aromatic N) is 1. The van der Waals surface area contributed by atoms with Gasteiger partial charge in [-0.1, -0.05) is 12.1 Å². The van der Waals surface area contributed by atoms with E-state index in [-0.39, 0.29) is 12.0 Å². The van der Waals surface area contributed by atoms with Crippen LogP contribution in [0.1, 0.15) is 35.9 Å². The third kappa shape index (κ3) is 3.36. The van der Waals surface area contributed by atoms with Crippen LogP contribution in [0, 0.1) is 6.92 Å². The Hall–Kier alpha value is -1.36. The maximum Gasteiger partial charge on any atom is 0.256 e. The lowest BCUT2D eigenvalue weighted by atomic mass is 10.2. The lowest BCUT2D eigenvalue weighted by Crippen LogP contribution is -2.27. The molecule has 0 aliphatic heterocycles. The van der Waals surface area contributed by atoms with Crippen molar-refractivity contribution in [1.82, 2.24) is 10.5 Å². The Morgan fingerprint density at radius 1 is 1.73 bits per heavy atom. The first-order valence-electron chi connectivity index (χ1n) is 5.02. The molecule has 0 bridgehead atoms. The van der Waals surface area contributed by atoms with Crippen molar-refractivity contribution < 1.29 is 14.4 Å². The molecule has 0 radical (unpaired) electrons. The van der Waals surface area contributed by atoms with Crippen molar-refractivity contribution in [2.75, 3.05) is 6.54 Å². The standard InChI is InChI=1S/C10H16N2O3/c1-3-8(13)4-5-11-10(14)9-6-12-15-7(9)2/h6,8,13H,3-5H2,1-2H3,(H,11,14). The highest BCUT2D eigenvalue weighted by atomic mass is 16.5. The molecule has 1 heterocycles. The molecule has 1 amide bonds. The molecule has 1 unspecified atom stereocenters. The molecule has 1 atom stereocenters. The van der Waals surface area contributed by atoms with E-state index in [9.17, 15) is 9.90 Å². The monoisotopic (exact) mass is 212 g/mol. The van der Waals surface area contributed by atoms with Gasteiger partial charge in [-0.25, -0.2) is 0 Å². The zero-order valence-electron chi connectivity index (χ0n) is 8.99. The van der Waals surface area contributed by atoms with Crippen LogP contribution in [0.2, 0.25) is 0 Å². The van der Waals surface area contributed by atoms with E-state index in [1.54, 1.807) is 6.92 Å². The Labute approximate surface area is 88.5 Å². The molecule has 5 nitrogen and oxygen atoms in total. The van der Waals surface area contributed by atoms with Crippen LogP contribution in [0.25, 0.3) is 0 Å². The molecule has 1 rings (SSSR count). The van der Waals surface area contributed by atoms with E-state index >= 15 is 0 Å².